The highest BCUT2D eigenvalue weighted by Gasteiger charge is 2.24. The fraction of sp³-hybridized carbons (Fsp3) is 0. The van der Waals surface area contributed by atoms with Crippen LogP contribution in [0.1, 0.15) is 0 Å². The van der Waals surface area contributed by atoms with E-state index < -0.39 is 28.5 Å². The summed E-state index contributed by atoms with van der Waals surface area (Å²) in [5, 5.41) is 23.3. The van der Waals surface area contributed by atoms with Crippen molar-refractivity contribution in [2.24, 2.45) is 0 Å². The molecular formula is C5H3ClO6. The minimum atomic E-state index is -1.89. The number of hydrogen-bond donors (Lipinski definition) is 3. The summed E-state index contributed by atoms with van der Waals surface area (Å²) in [4.78, 5) is 30.2. The van der Waals surface area contributed by atoms with E-state index >= 15 is 0 Å². The van der Waals surface area contributed by atoms with E-state index in [2.05, 4.69) is 0 Å². The van der Waals surface area contributed by atoms with Gasteiger partial charge in [0.1, 0.15) is 5.03 Å². The van der Waals surface area contributed by atoms with Crippen LogP contribution in [0.4, 0.5) is 0 Å². The molecule has 66 valence electrons. The molecule has 0 spiro atoms. The van der Waals surface area contributed by atoms with Crippen LogP contribution in [0.25, 0.3) is 0 Å². The van der Waals surface area contributed by atoms with Crippen molar-refractivity contribution >= 4 is 29.5 Å². The van der Waals surface area contributed by atoms with E-state index in [0.29, 0.717) is 0 Å². The Morgan fingerprint density at radius 1 is 0.833 bits per heavy atom. The smallest absolute Gasteiger partial charge is 0.348 e. The van der Waals surface area contributed by atoms with Gasteiger partial charge in [0, 0.05) is 0 Å². The molecule has 0 aliphatic heterocycles. The van der Waals surface area contributed by atoms with Crippen LogP contribution in [-0.2, 0) is 14.4 Å². The molecule has 0 aromatic carbocycles. The second-order valence-electron chi connectivity index (χ2n) is 1.60. The molecule has 6 nitrogen and oxygen atoms in total. The number of rotatable bonds is 3. The van der Waals surface area contributed by atoms with Crippen molar-refractivity contribution in [2.45, 2.75) is 0 Å². The maximum atomic E-state index is 10.1. The van der Waals surface area contributed by atoms with Gasteiger partial charge in [-0.2, -0.15) is 0 Å². The lowest BCUT2D eigenvalue weighted by Crippen LogP contribution is -2.15. The third-order valence-electron chi connectivity index (χ3n) is 0.835. The van der Waals surface area contributed by atoms with E-state index in [9.17, 15) is 14.4 Å². The summed E-state index contributed by atoms with van der Waals surface area (Å²) in [5.74, 6) is -5.58. The molecule has 0 bridgehead atoms. The normalized spacial score (nSPS) is 8.75. The second kappa shape index (κ2) is 3.72. The first-order valence-electron chi connectivity index (χ1n) is 2.47. The maximum absolute atomic E-state index is 10.1. The molecule has 0 unspecified atom stereocenters. The van der Waals surface area contributed by atoms with Crippen LogP contribution >= 0.6 is 11.6 Å². The molecule has 0 saturated heterocycles. The quantitative estimate of drug-likeness (QED) is 0.324. The molecule has 0 fully saturated rings. The Kier molecular flexibility index (Phi) is 3.24. The Balaban J connectivity index is 5.23. The van der Waals surface area contributed by atoms with E-state index in [4.69, 9.17) is 26.9 Å². The van der Waals surface area contributed by atoms with Crippen molar-refractivity contribution in [1.82, 2.24) is 0 Å². The minimum absolute atomic E-state index is 1.23. The fourth-order valence-electron chi connectivity index (χ4n) is 0.386. The summed E-state index contributed by atoms with van der Waals surface area (Å²) in [6.45, 7) is 0. The van der Waals surface area contributed by atoms with Crippen LogP contribution in [-0.4, -0.2) is 33.2 Å². The topological polar surface area (TPSA) is 112 Å². The van der Waals surface area contributed by atoms with Crippen LogP contribution < -0.4 is 0 Å². The van der Waals surface area contributed by atoms with E-state index in [0.717, 1.165) is 0 Å². The second-order valence-corrected chi connectivity index (χ2v) is 1.98. The minimum Gasteiger partial charge on any atom is -0.477 e. The van der Waals surface area contributed by atoms with Gasteiger partial charge in [0.25, 0.3) is 0 Å². The lowest BCUT2D eigenvalue weighted by atomic mass is 10.2. The fourth-order valence-corrected chi connectivity index (χ4v) is 0.548. The molecule has 0 aromatic rings. The van der Waals surface area contributed by atoms with Crippen LogP contribution in [0.15, 0.2) is 10.6 Å². The van der Waals surface area contributed by atoms with E-state index in [1.165, 1.54) is 0 Å². The first kappa shape index (κ1) is 10.4. The van der Waals surface area contributed by atoms with Gasteiger partial charge in [-0.05, 0) is 0 Å². The van der Waals surface area contributed by atoms with Gasteiger partial charge < -0.3 is 15.3 Å². The summed E-state index contributed by atoms with van der Waals surface area (Å²) in [7, 11) is 0. The molecule has 12 heavy (non-hydrogen) atoms. The number of halogens is 1. The zero-order chi connectivity index (χ0) is 9.89. The molecule has 0 radical (unpaired) electrons. The van der Waals surface area contributed by atoms with Crippen molar-refractivity contribution in [3.63, 3.8) is 0 Å². The van der Waals surface area contributed by atoms with Gasteiger partial charge in [0.2, 0.25) is 0 Å². The van der Waals surface area contributed by atoms with Crippen LogP contribution in [0.2, 0.25) is 0 Å². The van der Waals surface area contributed by atoms with Gasteiger partial charge in [-0.1, -0.05) is 11.6 Å². The van der Waals surface area contributed by atoms with Gasteiger partial charge in [-0.3, -0.25) is 0 Å². The predicted octanol–water partition coefficient (Wildman–Crippen LogP) is -0.267. The van der Waals surface area contributed by atoms with Crippen molar-refractivity contribution in [1.29, 1.82) is 0 Å². The van der Waals surface area contributed by atoms with Crippen molar-refractivity contribution in [3.05, 3.63) is 10.6 Å². The monoisotopic (exact) mass is 194 g/mol. The third kappa shape index (κ3) is 2.24. The molecule has 0 rings (SSSR count). The Bertz CT molecular complexity index is 262. The predicted molar refractivity (Wildman–Crippen MR) is 35.8 cm³/mol. The van der Waals surface area contributed by atoms with Crippen LogP contribution in [0.3, 0.4) is 0 Å². The number of aliphatic carboxylic acids is 3. The zero-order valence-electron chi connectivity index (χ0n) is 5.44. The van der Waals surface area contributed by atoms with Crippen molar-refractivity contribution in [2.75, 3.05) is 0 Å². The highest BCUT2D eigenvalue weighted by molar-refractivity contribution is 6.45. The van der Waals surface area contributed by atoms with Crippen molar-refractivity contribution in [3.8, 4) is 0 Å². The SMILES string of the molecule is O=C(O)C(Cl)=C(C(=O)O)C(=O)O. The summed E-state index contributed by atoms with van der Waals surface area (Å²) in [6.07, 6.45) is 0. The number of carbonyl (C=O) groups is 3. The first-order chi connectivity index (χ1) is 5.37. The lowest BCUT2D eigenvalue weighted by Gasteiger charge is -1.95. The Morgan fingerprint density at radius 3 is 1.25 bits per heavy atom. The zero-order valence-corrected chi connectivity index (χ0v) is 6.20. The largest absolute Gasteiger partial charge is 0.477 e. The summed E-state index contributed by atoms with van der Waals surface area (Å²) >= 11 is 4.89. The third-order valence-corrected chi connectivity index (χ3v) is 1.19. The number of hydrogen-bond acceptors (Lipinski definition) is 3. The van der Waals surface area contributed by atoms with Crippen molar-refractivity contribution < 1.29 is 29.7 Å². The Morgan fingerprint density at radius 2 is 1.17 bits per heavy atom. The van der Waals surface area contributed by atoms with Gasteiger partial charge in [0.05, 0.1) is 0 Å². The number of carboxylic acid groups (broad SMARTS) is 3. The molecule has 0 aliphatic carbocycles. The lowest BCUT2D eigenvalue weighted by molar-refractivity contribution is -0.141. The summed E-state index contributed by atoms with van der Waals surface area (Å²) < 4.78 is 0. The molecule has 0 saturated carbocycles. The number of carboxylic acids is 3. The van der Waals surface area contributed by atoms with Gasteiger partial charge in [-0.15, -0.1) is 0 Å². The molecule has 0 heterocycles. The maximum Gasteiger partial charge on any atom is 0.348 e. The molecule has 0 amide bonds. The average molecular weight is 195 g/mol. The molecule has 0 aliphatic rings. The average Bonchev–Trinajstić information content (AvgIpc) is 1.85. The summed E-state index contributed by atoms with van der Waals surface area (Å²) in [6, 6.07) is 0. The molecule has 3 N–H and O–H groups in total. The standard InChI is InChI=1S/C5H3ClO6/c6-2(5(11)12)1(3(7)8)4(9)10/h(H,7,8)(H,9,10)(H,11,12). The van der Waals surface area contributed by atoms with Gasteiger partial charge >= 0.3 is 17.9 Å². The summed E-state index contributed by atoms with van der Waals surface area (Å²) in [5.41, 5.74) is -1.36. The van der Waals surface area contributed by atoms with E-state index in [-0.39, 0.29) is 0 Å². The van der Waals surface area contributed by atoms with E-state index in [1.807, 2.05) is 0 Å². The van der Waals surface area contributed by atoms with Gasteiger partial charge in [0.15, 0.2) is 5.57 Å². The van der Waals surface area contributed by atoms with Gasteiger partial charge in [-0.25, -0.2) is 14.4 Å². The molecule has 7 heteroatoms. The molecular weight excluding hydrogens is 192 g/mol. The Labute approximate surface area is 70.7 Å². The highest BCUT2D eigenvalue weighted by Crippen LogP contribution is 2.10. The van der Waals surface area contributed by atoms with Crippen LogP contribution in [0, 0.1) is 0 Å². The highest BCUT2D eigenvalue weighted by atomic mass is 35.5. The first-order valence-corrected chi connectivity index (χ1v) is 2.85. The van der Waals surface area contributed by atoms with Crippen LogP contribution in [0.5, 0.6) is 0 Å². The van der Waals surface area contributed by atoms with E-state index in [1.54, 1.807) is 0 Å². The molecule has 0 atom stereocenters. The molecule has 0 aromatic heterocycles. The Hall–Kier alpha value is -1.56.